The van der Waals surface area contributed by atoms with Crippen LogP contribution in [0.1, 0.15) is 23.2 Å². The summed E-state index contributed by atoms with van der Waals surface area (Å²) >= 11 is 0. The lowest BCUT2D eigenvalue weighted by molar-refractivity contribution is 0.0953. The Morgan fingerprint density at radius 2 is 2.09 bits per heavy atom. The standard InChI is InChI=1S/C16H19N3O.2ClH/c20-16(19-10-7-12-6-9-17-11-12)14-5-1-3-13-4-2-8-18-15(13)14;;/h1-5,8,12,17H,6-7,9-11H2,(H,19,20);2*1H. The monoisotopic (exact) mass is 341 g/mol. The lowest BCUT2D eigenvalue weighted by Gasteiger charge is -2.10. The van der Waals surface area contributed by atoms with Crippen molar-refractivity contribution in [2.45, 2.75) is 12.8 Å². The van der Waals surface area contributed by atoms with Gasteiger partial charge in [-0.2, -0.15) is 0 Å². The molecule has 1 fully saturated rings. The summed E-state index contributed by atoms with van der Waals surface area (Å²) in [7, 11) is 0. The third kappa shape index (κ3) is 4.32. The summed E-state index contributed by atoms with van der Waals surface area (Å²) in [6.45, 7) is 2.91. The molecule has 1 aliphatic heterocycles. The Labute approximate surface area is 142 Å². The summed E-state index contributed by atoms with van der Waals surface area (Å²) in [4.78, 5) is 16.6. The van der Waals surface area contributed by atoms with Crippen molar-refractivity contribution < 1.29 is 4.79 Å². The Bertz CT molecular complexity index is 610. The van der Waals surface area contributed by atoms with Crippen molar-refractivity contribution >= 4 is 41.6 Å². The lowest BCUT2D eigenvalue weighted by Crippen LogP contribution is -2.26. The van der Waals surface area contributed by atoms with E-state index in [4.69, 9.17) is 0 Å². The van der Waals surface area contributed by atoms with Gasteiger partial charge in [0.1, 0.15) is 0 Å². The Morgan fingerprint density at radius 1 is 1.27 bits per heavy atom. The Kier molecular flexibility index (Phi) is 7.59. The van der Waals surface area contributed by atoms with Gasteiger partial charge in [-0.3, -0.25) is 9.78 Å². The zero-order valence-corrected chi connectivity index (χ0v) is 13.9. The van der Waals surface area contributed by atoms with Crippen LogP contribution >= 0.6 is 24.8 Å². The fraction of sp³-hybridized carbons (Fsp3) is 0.375. The number of fused-ring (bicyclic) bond motifs is 1. The molecule has 1 aromatic carbocycles. The van der Waals surface area contributed by atoms with Crippen molar-refractivity contribution in [1.82, 2.24) is 15.6 Å². The quantitative estimate of drug-likeness (QED) is 0.898. The number of halogens is 2. The molecule has 4 nitrogen and oxygen atoms in total. The highest BCUT2D eigenvalue weighted by Crippen LogP contribution is 2.16. The van der Waals surface area contributed by atoms with Crippen molar-refractivity contribution in [2.75, 3.05) is 19.6 Å². The number of hydrogen-bond donors (Lipinski definition) is 2. The van der Waals surface area contributed by atoms with Gasteiger partial charge in [0, 0.05) is 18.1 Å². The molecule has 2 heterocycles. The molecule has 1 unspecified atom stereocenters. The van der Waals surface area contributed by atoms with Gasteiger partial charge in [0.05, 0.1) is 11.1 Å². The number of aromatic nitrogens is 1. The van der Waals surface area contributed by atoms with E-state index >= 15 is 0 Å². The van der Waals surface area contributed by atoms with Crippen LogP contribution in [0.4, 0.5) is 0 Å². The van der Waals surface area contributed by atoms with Crippen molar-refractivity contribution in [1.29, 1.82) is 0 Å². The number of nitrogens with one attached hydrogen (secondary N) is 2. The van der Waals surface area contributed by atoms with Gasteiger partial charge >= 0.3 is 0 Å². The number of carbonyl (C=O) groups is 1. The predicted octanol–water partition coefficient (Wildman–Crippen LogP) is 2.81. The molecule has 0 radical (unpaired) electrons. The summed E-state index contributed by atoms with van der Waals surface area (Å²) in [5.74, 6) is 0.668. The smallest absolute Gasteiger partial charge is 0.253 e. The molecular formula is C16H21Cl2N3O. The Morgan fingerprint density at radius 3 is 2.86 bits per heavy atom. The van der Waals surface area contributed by atoms with Gasteiger partial charge in [-0.15, -0.1) is 24.8 Å². The topological polar surface area (TPSA) is 54.0 Å². The van der Waals surface area contributed by atoms with Crippen LogP contribution in [-0.2, 0) is 0 Å². The number of pyridine rings is 1. The number of amides is 1. The zero-order chi connectivity index (χ0) is 13.8. The van der Waals surface area contributed by atoms with Gasteiger partial charge in [0.15, 0.2) is 0 Å². The molecule has 2 aromatic rings. The average molecular weight is 342 g/mol. The lowest BCUT2D eigenvalue weighted by atomic mass is 10.0. The maximum absolute atomic E-state index is 12.3. The SMILES string of the molecule is Cl.Cl.O=C(NCCC1CCNC1)c1cccc2cccnc12. The number of nitrogens with zero attached hydrogens (tertiary/aromatic N) is 1. The van der Waals surface area contributed by atoms with Gasteiger partial charge in [-0.05, 0) is 44.0 Å². The summed E-state index contributed by atoms with van der Waals surface area (Å²) in [6.07, 6.45) is 3.98. The number of hydrogen-bond acceptors (Lipinski definition) is 3. The van der Waals surface area contributed by atoms with Crippen molar-refractivity contribution in [3.8, 4) is 0 Å². The first-order valence-corrected chi connectivity index (χ1v) is 7.17. The van der Waals surface area contributed by atoms with Crippen LogP contribution in [0.2, 0.25) is 0 Å². The first-order chi connectivity index (χ1) is 9.84. The van der Waals surface area contributed by atoms with E-state index in [1.807, 2.05) is 30.3 Å². The van der Waals surface area contributed by atoms with E-state index in [9.17, 15) is 4.79 Å². The molecule has 22 heavy (non-hydrogen) atoms. The molecule has 1 saturated heterocycles. The highest BCUT2D eigenvalue weighted by atomic mass is 35.5. The van der Waals surface area contributed by atoms with E-state index in [-0.39, 0.29) is 30.7 Å². The minimum Gasteiger partial charge on any atom is -0.352 e. The molecule has 0 aliphatic carbocycles. The van der Waals surface area contributed by atoms with E-state index < -0.39 is 0 Å². The van der Waals surface area contributed by atoms with Gasteiger partial charge in [0.25, 0.3) is 5.91 Å². The second-order valence-corrected chi connectivity index (χ2v) is 5.28. The summed E-state index contributed by atoms with van der Waals surface area (Å²) < 4.78 is 0. The van der Waals surface area contributed by atoms with Crippen LogP contribution < -0.4 is 10.6 Å². The molecule has 1 atom stereocenters. The molecule has 0 saturated carbocycles. The van der Waals surface area contributed by atoms with Gasteiger partial charge in [0.2, 0.25) is 0 Å². The molecule has 0 spiro atoms. The largest absolute Gasteiger partial charge is 0.352 e. The fourth-order valence-corrected chi connectivity index (χ4v) is 2.73. The third-order valence-corrected chi connectivity index (χ3v) is 3.88. The molecule has 2 N–H and O–H groups in total. The van der Waals surface area contributed by atoms with E-state index in [2.05, 4.69) is 15.6 Å². The molecule has 6 heteroatoms. The van der Waals surface area contributed by atoms with Crippen LogP contribution in [0.5, 0.6) is 0 Å². The third-order valence-electron chi connectivity index (χ3n) is 3.88. The van der Waals surface area contributed by atoms with Crippen LogP contribution in [0.3, 0.4) is 0 Å². The average Bonchev–Trinajstić information content (AvgIpc) is 3.00. The first-order valence-electron chi connectivity index (χ1n) is 7.17. The summed E-state index contributed by atoms with van der Waals surface area (Å²) in [6, 6.07) is 9.57. The van der Waals surface area contributed by atoms with Crippen LogP contribution in [-0.4, -0.2) is 30.5 Å². The molecular weight excluding hydrogens is 321 g/mol. The van der Waals surface area contributed by atoms with Crippen molar-refractivity contribution in [3.05, 3.63) is 42.1 Å². The van der Waals surface area contributed by atoms with Gasteiger partial charge < -0.3 is 10.6 Å². The van der Waals surface area contributed by atoms with E-state index in [0.29, 0.717) is 11.5 Å². The fourth-order valence-electron chi connectivity index (χ4n) is 2.73. The number of para-hydroxylation sites is 1. The second kappa shape index (κ2) is 8.93. The predicted molar refractivity (Wildman–Crippen MR) is 94.2 cm³/mol. The van der Waals surface area contributed by atoms with Gasteiger partial charge in [-0.25, -0.2) is 0 Å². The van der Waals surface area contributed by atoms with Crippen molar-refractivity contribution in [3.63, 3.8) is 0 Å². The first kappa shape index (κ1) is 18.7. The maximum atomic E-state index is 12.3. The van der Waals surface area contributed by atoms with Crippen LogP contribution in [0, 0.1) is 5.92 Å². The maximum Gasteiger partial charge on any atom is 0.253 e. The number of benzene rings is 1. The second-order valence-electron chi connectivity index (χ2n) is 5.28. The van der Waals surface area contributed by atoms with E-state index in [1.54, 1.807) is 6.20 Å². The Balaban J connectivity index is 0.00000121. The number of rotatable bonds is 4. The molecule has 1 amide bonds. The van der Waals surface area contributed by atoms with E-state index in [0.717, 1.165) is 37.0 Å². The van der Waals surface area contributed by atoms with Crippen molar-refractivity contribution in [2.24, 2.45) is 5.92 Å². The molecule has 1 aliphatic rings. The van der Waals surface area contributed by atoms with E-state index in [1.165, 1.54) is 6.42 Å². The summed E-state index contributed by atoms with van der Waals surface area (Å²) in [5, 5.41) is 7.36. The Hall–Kier alpha value is -1.36. The molecule has 3 rings (SSSR count). The summed E-state index contributed by atoms with van der Waals surface area (Å²) in [5.41, 5.74) is 1.43. The molecule has 1 aromatic heterocycles. The minimum atomic E-state index is -0.0275. The molecule has 0 bridgehead atoms. The minimum absolute atomic E-state index is 0. The number of carbonyl (C=O) groups excluding carboxylic acids is 1. The normalized spacial score (nSPS) is 16.6. The van der Waals surface area contributed by atoms with Crippen LogP contribution in [0.15, 0.2) is 36.5 Å². The zero-order valence-electron chi connectivity index (χ0n) is 12.2. The molecule has 120 valence electrons. The highest BCUT2D eigenvalue weighted by molar-refractivity contribution is 6.05. The highest BCUT2D eigenvalue weighted by Gasteiger charge is 2.15. The van der Waals surface area contributed by atoms with Crippen LogP contribution in [0.25, 0.3) is 10.9 Å². The van der Waals surface area contributed by atoms with Gasteiger partial charge in [-0.1, -0.05) is 18.2 Å².